The summed E-state index contributed by atoms with van der Waals surface area (Å²) in [6.07, 6.45) is -6.09. The monoisotopic (exact) mass is 749 g/mol. The van der Waals surface area contributed by atoms with Crippen LogP contribution in [0.5, 0.6) is 0 Å². The van der Waals surface area contributed by atoms with E-state index in [9.17, 15) is 31.5 Å². The standard InChI is InChI=1S/C34H33ClF5N7O3S/c1-31(2,3)16-33(21-7-4-19(5-8-21)25-14-42-18-51-25)29(49)46(30(41)45-33)24(15-50-26(48)13-32(10-11-32)34(38,39)40)20-6-9-22(35)23(12-20)47-28(27(36)37)43-17-44-47/h4-9,12,14,17-18,24,27H,10-11,13,15-16H2,1-3H3,(H2,41,45)/t24-,33-/m1/s1. The van der Waals surface area contributed by atoms with Crippen LogP contribution in [0.4, 0.5) is 22.0 Å². The van der Waals surface area contributed by atoms with Gasteiger partial charge in [-0.05, 0) is 53.5 Å². The van der Waals surface area contributed by atoms with Crippen LogP contribution in [0, 0.1) is 10.8 Å². The van der Waals surface area contributed by atoms with Gasteiger partial charge in [-0.2, -0.15) is 18.3 Å². The van der Waals surface area contributed by atoms with Crippen LogP contribution < -0.4 is 5.73 Å². The third-order valence-corrected chi connectivity index (χ3v) is 10.1. The van der Waals surface area contributed by atoms with Crippen LogP contribution in [0.25, 0.3) is 16.1 Å². The minimum absolute atomic E-state index is 0.000226. The molecule has 1 aliphatic heterocycles. The Morgan fingerprint density at radius 2 is 1.82 bits per heavy atom. The molecular weight excluding hydrogens is 717 g/mol. The van der Waals surface area contributed by atoms with Crippen LogP contribution in [0.3, 0.4) is 0 Å². The van der Waals surface area contributed by atoms with E-state index in [1.807, 2.05) is 32.9 Å². The Hall–Kier alpha value is -4.44. The van der Waals surface area contributed by atoms with E-state index in [2.05, 4.69) is 15.1 Å². The van der Waals surface area contributed by atoms with Gasteiger partial charge in [-0.25, -0.2) is 23.4 Å². The number of halogens is 6. The number of benzene rings is 2. The van der Waals surface area contributed by atoms with Gasteiger partial charge in [0.05, 0.1) is 39.0 Å². The van der Waals surface area contributed by atoms with Crippen LogP contribution in [0.15, 0.2) is 65.5 Å². The fraction of sp³-hybridized carbons (Fsp3) is 0.412. The van der Waals surface area contributed by atoms with Crippen molar-refractivity contribution in [2.75, 3.05) is 6.61 Å². The molecular formula is C34H33ClF5N7O3S. The summed E-state index contributed by atoms with van der Waals surface area (Å²) in [6, 6.07) is 10.2. The summed E-state index contributed by atoms with van der Waals surface area (Å²) >= 11 is 7.87. The lowest BCUT2D eigenvalue weighted by atomic mass is 9.75. The molecule has 4 aromatic rings. The number of aromatic nitrogens is 4. The number of amides is 1. The smallest absolute Gasteiger partial charge is 0.395 e. The SMILES string of the molecule is CC(C)(C)C[C@]1(c2ccc(-c3cncs3)cc2)N=C(N)N([C@H](COC(=O)CC2(C(F)(F)F)CC2)c2ccc(Cl)c(-n3ncnc3C(F)F)c2)C1=O. The third-order valence-electron chi connectivity index (χ3n) is 8.99. The van der Waals surface area contributed by atoms with Crippen molar-refractivity contribution >= 4 is 40.8 Å². The second-order valence-electron chi connectivity index (χ2n) is 13.9. The number of thiazole rings is 1. The van der Waals surface area contributed by atoms with E-state index < -0.39 is 65.7 Å². The maximum atomic E-state index is 14.9. The maximum Gasteiger partial charge on any atom is 0.395 e. The van der Waals surface area contributed by atoms with Crippen molar-refractivity contribution in [2.24, 2.45) is 21.6 Å². The summed E-state index contributed by atoms with van der Waals surface area (Å²) in [5.74, 6) is -2.65. The molecule has 6 rings (SSSR count). The van der Waals surface area contributed by atoms with E-state index in [1.54, 1.807) is 23.8 Å². The normalized spacial score (nSPS) is 19.4. The number of alkyl halides is 5. The number of nitrogens with zero attached hydrogens (tertiary/aromatic N) is 6. The maximum absolute atomic E-state index is 14.9. The van der Waals surface area contributed by atoms with Crippen molar-refractivity contribution in [3.05, 3.63) is 82.5 Å². The average Bonchev–Trinajstić information content (AvgIpc) is 3.38. The Morgan fingerprint density at radius 3 is 2.41 bits per heavy atom. The number of guanidine groups is 1. The molecule has 1 saturated carbocycles. The Balaban J connectivity index is 1.41. The van der Waals surface area contributed by atoms with Crippen LogP contribution in [-0.4, -0.2) is 55.3 Å². The molecule has 0 spiro atoms. The van der Waals surface area contributed by atoms with E-state index in [1.165, 1.54) is 29.5 Å². The van der Waals surface area contributed by atoms with Gasteiger partial charge in [-0.15, -0.1) is 11.3 Å². The first-order chi connectivity index (χ1) is 23.9. The topological polar surface area (TPSA) is 129 Å². The zero-order chi connectivity index (χ0) is 36.9. The highest BCUT2D eigenvalue weighted by atomic mass is 35.5. The van der Waals surface area contributed by atoms with Gasteiger partial charge in [0.2, 0.25) is 0 Å². The quantitative estimate of drug-likeness (QED) is 0.123. The van der Waals surface area contributed by atoms with Gasteiger partial charge >= 0.3 is 12.1 Å². The van der Waals surface area contributed by atoms with E-state index in [-0.39, 0.29) is 41.5 Å². The number of aliphatic imine (C=N–C) groups is 1. The zero-order valence-electron chi connectivity index (χ0n) is 27.6. The molecule has 1 amide bonds. The summed E-state index contributed by atoms with van der Waals surface area (Å²) in [5.41, 5.74) is 5.63. The lowest BCUT2D eigenvalue weighted by Crippen LogP contribution is -2.47. The molecule has 270 valence electrons. The fourth-order valence-electron chi connectivity index (χ4n) is 6.36. The van der Waals surface area contributed by atoms with Crippen molar-refractivity contribution < 1.29 is 36.3 Å². The van der Waals surface area contributed by atoms with Crippen LogP contribution in [-0.2, 0) is 19.9 Å². The Labute approximate surface area is 298 Å². The molecule has 2 aromatic carbocycles. The molecule has 17 heteroatoms. The molecule has 10 nitrogen and oxygen atoms in total. The lowest BCUT2D eigenvalue weighted by Gasteiger charge is -2.35. The number of nitrogens with two attached hydrogens (primary N) is 1. The van der Waals surface area contributed by atoms with E-state index >= 15 is 0 Å². The summed E-state index contributed by atoms with van der Waals surface area (Å²) in [4.78, 5) is 42.3. The van der Waals surface area contributed by atoms with Crippen LogP contribution in [0.2, 0.25) is 5.02 Å². The largest absolute Gasteiger partial charge is 0.463 e. The van der Waals surface area contributed by atoms with Gasteiger partial charge in [0.1, 0.15) is 12.9 Å². The van der Waals surface area contributed by atoms with Crippen LogP contribution >= 0.6 is 22.9 Å². The van der Waals surface area contributed by atoms with Gasteiger partial charge in [-0.3, -0.25) is 19.5 Å². The van der Waals surface area contributed by atoms with Crippen molar-refractivity contribution in [3.8, 4) is 16.1 Å². The third kappa shape index (κ3) is 7.07. The summed E-state index contributed by atoms with van der Waals surface area (Å²) in [6.45, 7) is 5.16. The Morgan fingerprint density at radius 1 is 1.12 bits per heavy atom. The number of hydrogen-bond acceptors (Lipinski definition) is 9. The molecule has 1 fully saturated rings. The number of rotatable bonds is 11. The summed E-state index contributed by atoms with van der Waals surface area (Å²) < 4.78 is 75.0. The van der Waals surface area contributed by atoms with Crippen molar-refractivity contribution in [1.29, 1.82) is 0 Å². The number of carbonyl (C=O) groups is 2. The van der Waals surface area contributed by atoms with Gasteiger partial charge in [-0.1, -0.05) is 62.7 Å². The van der Waals surface area contributed by atoms with Gasteiger partial charge in [0.25, 0.3) is 12.3 Å². The minimum atomic E-state index is -4.60. The predicted molar refractivity (Wildman–Crippen MR) is 179 cm³/mol. The molecule has 2 N–H and O–H groups in total. The van der Waals surface area contributed by atoms with Gasteiger partial charge < -0.3 is 10.5 Å². The van der Waals surface area contributed by atoms with E-state index in [4.69, 9.17) is 27.1 Å². The van der Waals surface area contributed by atoms with Gasteiger partial charge in [0.15, 0.2) is 17.3 Å². The molecule has 0 saturated heterocycles. The van der Waals surface area contributed by atoms with Crippen molar-refractivity contribution in [1.82, 2.24) is 24.6 Å². The summed E-state index contributed by atoms with van der Waals surface area (Å²) in [7, 11) is 0. The fourth-order valence-corrected chi connectivity index (χ4v) is 7.18. The van der Waals surface area contributed by atoms with E-state index in [0.717, 1.165) is 26.3 Å². The number of hydrogen-bond donors (Lipinski definition) is 1. The van der Waals surface area contributed by atoms with Crippen molar-refractivity contribution in [3.63, 3.8) is 0 Å². The first-order valence-electron chi connectivity index (χ1n) is 15.8. The molecule has 2 aromatic heterocycles. The van der Waals surface area contributed by atoms with Crippen LogP contribution in [0.1, 0.15) is 75.9 Å². The highest BCUT2D eigenvalue weighted by Gasteiger charge is 2.64. The second kappa shape index (κ2) is 13.3. The lowest BCUT2D eigenvalue weighted by molar-refractivity contribution is -0.195. The predicted octanol–water partition coefficient (Wildman–Crippen LogP) is 7.79. The molecule has 0 radical (unpaired) electrons. The summed E-state index contributed by atoms with van der Waals surface area (Å²) in [5, 5.41) is 3.89. The first-order valence-corrected chi connectivity index (χ1v) is 17.1. The molecule has 3 heterocycles. The van der Waals surface area contributed by atoms with Crippen molar-refractivity contribution in [2.45, 2.75) is 70.6 Å². The van der Waals surface area contributed by atoms with E-state index in [0.29, 0.717) is 5.56 Å². The molecule has 2 atom stereocenters. The average molecular weight is 750 g/mol. The molecule has 1 aliphatic carbocycles. The Bertz CT molecular complexity index is 1960. The Kier molecular flexibility index (Phi) is 9.46. The molecule has 0 bridgehead atoms. The van der Waals surface area contributed by atoms with Gasteiger partial charge in [0, 0.05) is 6.20 Å². The number of ether oxygens (including phenoxy) is 1. The number of esters is 1. The molecule has 0 unspecified atom stereocenters. The highest BCUT2D eigenvalue weighted by molar-refractivity contribution is 7.13. The number of carbonyl (C=O) groups excluding carboxylic acids is 2. The molecule has 2 aliphatic rings. The molecule has 51 heavy (non-hydrogen) atoms. The second-order valence-corrected chi connectivity index (χ2v) is 15.2. The highest BCUT2D eigenvalue weighted by Crippen LogP contribution is 2.60. The first kappa shape index (κ1) is 36.4. The zero-order valence-corrected chi connectivity index (χ0v) is 29.2. The minimum Gasteiger partial charge on any atom is -0.463 e.